The number of rotatable bonds is 5. The van der Waals surface area contributed by atoms with Gasteiger partial charge in [0.1, 0.15) is 5.75 Å². The van der Waals surface area contributed by atoms with Crippen LogP contribution in [0.1, 0.15) is 26.3 Å². The van der Waals surface area contributed by atoms with Crippen molar-refractivity contribution in [2.75, 3.05) is 6.54 Å². The van der Waals surface area contributed by atoms with Crippen molar-refractivity contribution in [3.63, 3.8) is 0 Å². The van der Waals surface area contributed by atoms with E-state index in [0.717, 1.165) is 12.2 Å². The van der Waals surface area contributed by atoms with Crippen molar-refractivity contribution in [1.29, 1.82) is 0 Å². The zero-order valence-electron chi connectivity index (χ0n) is 9.73. The van der Waals surface area contributed by atoms with Gasteiger partial charge in [-0.1, -0.05) is 6.92 Å². The largest absolute Gasteiger partial charge is 0.489 e. The molecule has 84 valence electrons. The fraction of sp³-hybridized carbons (Fsp3) is 0.583. The lowest BCUT2D eigenvalue weighted by Crippen LogP contribution is -2.13. The summed E-state index contributed by atoms with van der Waals surface area (Å²) >= 11 is 0. The Bertz CT molecular complexity index is 299. The predicted molar refractivity (Wildman–Crippen MR) is 61.9 cm³/mol. The highest BCUT2D eigenvalue weighted by atomic mass is 16.5. The maximum atomic E-state index is 5.59. The molecule has 1 aromatic heterocycles. The first-order chi connectivity index (χ1) is 7.11. The van der Waals surface area contributed by atoms with Crippen LogP contribution in [0.4, 0.5) is 0 Å². The monoisotopic (exact) mass is 208 g/mol. The van der Waals surface area contributed by atoms with Crippen LogP contribution < -0.4 is 10.5 Å². The van der Waals surface area contributed by atoms with E-state index in [1.54, 1.807) is 6.20 Å². The van der Waals surface area contributed by atoms with Gasteiger partial charge in [0.15, 0.2) is 0 Å². The van der Waals surface area contributed by atoms with Gasteiger partial charge < -0.3 is 10.5 Å². The number of pyridine rings is 1. The van der Waals surface area contributed by atoms with Crippen molar-refractivity contribution >= 4 is 0 Å². The van der Waals surface area contributed by atoms with E-state index in [1.165, 1.54) is 5.56 Å². The lowest BCUT2D eigenvalue weighted by molar-refractivity contribution is 0.241. The van der Waals surface area contributed by atoms with Gasteiger partial charge in [0.25, 0.3) is 0 Å². The van der Waals surface area contributed by atoms with Gasteiger partial charge in [0.2, 0.25) is 0 Å². The van der Waals surface area contributed by atoms with E-state index in [-0.39, 0.29) is 6.10 Å². The van der Waals surface area contributed by atoms with Crippen LogP contribution >= 0.6 is 0 Å². The van der Waals surface area contributed by atoms with Crippen LogP contribution in [0.3, 0.4) is 0 Å². The Morgan fingerprint density at radius 3 is 2.67 bits per heavy atom. The van der Waals surface area contributed by atoms with Crippen LogP contribution in [0.2, 0.25) is 0 Å². The standard InChI is InChI=1S/C12H20N2O/c1-9(2)15-12-5-11(7-14-8-12)4-10(3)6-13/h5,7-10H,4,6,13H2,1-3H3. The van der Waals surface area contributed by atoms with Crippen LogP contribution in [-0.4, -0.2) is 17.6 Å². The molecule has 0 aliphatic heterocycles. The molecular weight excluding hydrogens is 188 g/mol. The maximum absolute atomic E-state index is 5.59. The van der Waals surface area contributed by atoms with Crippen molar-refractivity contribution in [3.05, 3.63) is 24.0 Å². The second kappa shape index (κ2) is 5.71. The molecule has 1 aromatic rings. The molecule has 3 nitrogen and oxygen atoms in total. The second-order valence-corrected chi connectivity index (χ2v) is 4.24. The zero-order chi connectivity index (χ0) is 11.3. The molecule has 0 amide bonds. The molecule has 0 saturated heterocycles. The number of hydrogen-bond acceptors (Lipinski definition) is 3. The van der Waals surface area contributed by atoms with Crippen LogP contribution in [0, 0.1) is 5.92 Å². The van der Waals surface area contributed by atoms with E-state index in [9.17, 15) is 0 Å². The van der Waals surface area contributed by atoms with Crippen molar-refractivity contribution < 1.29 is 4.74 Å². The van der Waals surface area contributed by atoms with Gasteiger partial charge in [-0.2, -0.15) is 0 Å². The van der Waals surface area contributed by atoms with Crippen molar-refractivity contribution in [2.45, 2.75) is 33.3 Å². The van der Waals surface area contributed by atoms with Gasteiger partial charge in [-0.3, -0.25) is 4.98 Å². The highest BCUT2D eigenvalue weighted by Gasteiger charge is 2.04. The topological polar surface area (TPSA) is 48.1 Å². The first-order valence-electron chi connectivity index (χ1n) is 5.42. The fourth-order valence-electron chi connectivity index (χ4n) is 1.40. The molecule has 15 heavy (non-hydrogen) atoms. The third-order valence-electron chi connectivity index (χ3n) is 2.13. The number of nitrogens with two attached hydrogens (primary N) is 1. The Labute approximate surface area is 91.7 Å². The Hall–Kier alpha value is -1.09. The van der Waals surface area contributed by atoms with Gasteiger partial charge in [0, 0.05) is 6.20 Å². The average molecular weight is 208 g/mol. The first-order valence-corrected chi connectivity index (χ1v) is 5.42. The van der Waals surface area contributed by atoms with Gasteiger partial charge in [-0.25, -0.2) is 0 Å². The summed E-state index contributed by atoms with van der Waals surface area (Å²) in [6.07, 6.45) is 4.77. The second-order valence-electron chi connectivity index (χ2n) is 4.24. The molecule has 1 heterocycles. The normalized spacial score (nSPS) is 12.9. The zero-order valence-corrected chi connectivity index (χ0v) is 9.73. The average Bonchev–Trinajstić information content (AvgIpc) is 2.17. The summed E-state index contributed by atoms with van der Waals surface area (Å²) in [4.78, 5) is 4.16. The minimum Gasteiger partial charge on any atom is -0.489 e. The minimum absolute atomic E-state index is 0.189. The third kappa shape index (κ3) is 4.30. The smallest absolute Gasteiger partial charge is 0.138 e. The molecule has 0 saturated carbocycles. The summed E-state index contributed by atoms with van der Waals surface area (Å²) in [6, 6.07) is 2.04. The molecule has 1 atom stereocenters. The Morgan fingerprint density at radius 1 is 1.33 bits per heavy atom. The summed E-state index contributed by atoms with van der Waals surface area (Å²) in [5.41, 5.74) is 6.77. The van der Waals surface area contributed by atoms with E-state index in [1.807, 2.05) is 26.1 Å². The number of aromatic nitrogens is 1. The van der Waals surface area contributed by atoms with Crippen LogP contribution in [0.25, 0.3) is 0 Å². The summed E-state index contributed by atoms with van der Waals surface area (Å²) in [7, 11) is 0. The maximum Gasteiger partial charge on any atom is 0.138 e. The molecule has 0 bridgehead atoms. The highest BCUT2D eigenvalue weighted by Crippen LogP contribution is 2.15. The molecule has 1 unspecified atom stereocenters. The predicted octanol–water partition coefficient (Wildman–Crippen LogP) is 2.01. The lowest BCUT2D eigenvalue weighted by Gasteiger charge is -2.12. The summed E-state index contributed by atoms with van der Waals surface area (Å²) < 4.78 is 5.58. The van der Waals surface area contributed by atoms with Crippen LogP contribution in [0.15, 0.2) is 18.5 Å². The lowest BCUT2D eigenvalue weighted by atomic mass is 10.0. The Morgan fingerprint density at radius 2 is 2.07 bits per heavy atom. The molecule has 0 aliphatic carbocycles. The van der Waals surface area contributed by atoms with Gasteiger partial charge in [-0.05, 0) is 44.4 Å². The molecule has 0 spiro atoms. The molecule has 0 aliphatic rings. The Kier molecular flexibility index (Phi) is 4.56. The summed E-state index contributed by atoms with van der Waals surface area (Å²) in [6.45, 7) is 6.86. The Balaban J connectivity index is 2.65. The fourth-order valence-corrected chi connectivity index (χ4v) is 1.40. The van der Waals surface area contributed by atoms with Crippen molar-refractivity contribution in [3.8, 4) is 5.75 Å². The minimum atomic E-state index is 0.189. The SMILES string of the molecule is CC(CN)Cc1cncc(OC(C)C)c1. The molecule has 2 N–H and O–H groups in total. The molecule has 0 fully saturated rings. The first kappa shape index (κ1) is 12.0. The molecule has 0 aromatic carbocycles. The molecule has 3 heteroatoms. The van der Waals surface area contributed by atoms with Crippen LogP contribution in [-0.2, 0) is 6.42 Å². The number of hydrogen-bond donors (Lipinski definition) is 1. The van der Waals surface area contributed by atoms with Gasteiger partial charge >= 0.3 is 0 Å². The van der Waals surface area contributed by atoms with Gasteiger partial charge in [0.05, 0.1) is 12.3 Å². The molecule has 0 radical (unpaired) electrons. The van der Waals surface area contributed by atoms with E-state index >= 15 is 0 Å². The highest BCUT2D eigenvalue weighted by molar-refractivity contribution is 5.24. The molecule has 1 rings (SSSR count). The van der Waals surface area contributed by atoms with Crippen molar-refractivity contribution in [1.82, 2.24) is 4.98 Å². The van der Waals surface area contributed by atoms with Crippen LogP contribution in [0.5, 0.6) is 5.75 Å². The van der Waals surface area contributed by atoms with E-state index in [2.05, 4.69) is 11.9 Å². The van der Waals surface area contributed by atoms with E-state index in [0.29, 0.717) is 12.5 Å². The number of ether oxygens (including phenoxy) is 1. The number of nitrogens with zero attached hydrogens (tertiary/aromatic N) is 1. The summed E-state index contributed by atoms with van der Waals surface area (Å²) in [5.74, 6) is 1.33. The third-order valence-corrected chi connectivity index (χ3v) is 2.13. The van der Waals surface area contributed by atoms with E-state index in [4.69, 9.17) is 10.5 Å². The van der Waals surface area contributed by atoms with Gasteiger partial charge in [-0.15, -0.1) is 0 Å². The van der Waals surface area contributed by atoms with Crippen molar-refractivity contribution in [2.24, 2.45) is 11.7 Å². The quantitative estimate of drug-likeness (QED) is 0.805. The van der Waals surface area contributed by atoms with E-state index < -0.39 is 0 Å². The summed E-state index contributed by atoms with van der Waals surface area (Å²) in [5, 5.41) is 0. The molecular formula is C12H20N2O.